The molecule has 2 heteroatoms. The van der Waals surface area contributed by atoms with Gasteiger partial charge in [0.1, 0.15) is 5.76 Å². The maximum Gasteiger partial charge on any atom is 0.194 e. The first-order valence-electron chi connectivity index (χ1n) is 4.79. The molecule has 0 aliphatic carbocycles. The normalized spacial score (nSPS) is 10.6. The van der Waals surface area contributed by atoms with Gasteiger partial charge in [0.25, 0.3) is 0 Å². The van der Waals surface area contributed by atoms with Gasteiger partial charge in [0.2, 0.25) is 0 Å². The first-order chi connectivity index (χ1) is 5.81. The summed E-state index contributed by atoms with van der Waals surface area (Å²) in [7, 11) is 0. The van der Waals surface area contributed by atoms with Gasteiger partial charge in [-0.15, -0.1) is 0 Å². The molecule has 0 atom stereocenters. The van der Waals surface area contributed by atoms with E-state index in [4.69, 9.17) is 4.42 Å². The van der Waals surface area contributed by atoms with E-state index in [2.05, 4.69) is 25.8 Å². The highest BCUT2D eigenvalue weighted by Gasteiger charge is 2.08. The minimum atomic E-state index is 0.885. The van der Waals surface area contributed by atoms with E-state index in [1.165, 1.54) is 0 Å². The number of oxazole rings is 1. The van der Waals surface area contributed by atoms with E-state index in [9.17, 15) is 0 Å². The van der Waals surface area contributed by atoms with Crippen LogP contribution in [0.5, 0.6) is 0 Å². The fraction of sp³-hybridized carbons (Fsp3) is 0.700. The lowest BCUT2D eigenvalue weighted by Gasteiger charge is -1.93. The molecule has 0 radical (unpaired) electrons. The van der Waals surface area contributed by atoms with Gasteiger partial charge in [-0.1, -0.05) is 20.8 Å². The predicted molar refractivity (Wildman–Crippen MR) is 49.3 cm³/mol. The Morgan fingerprint density at radius 1 is 1.17 bits per heavy atom. The lowest BCUT2D eigenvalue weighted by Crippen LogP contribution is -1.88. The van der Waals surface area contributed by atoms with Crippen LogP contribution in [0.1, 0.15) is 44.5 Å². The molecule has 0 spiro atoms. The van der Waals surface area contributed by atoms with E-state index in [0.717, 1.165) is 43.0 Å². The summed E-state index contributed by atoms with van der Waals surface area (Å²) < 4.78 is 5.58. The molecule has 1 heterocycles. The molecule has 0 aliphatic rings. The van der Waals surface area contributed by atoms with Gasteiger partial charge >= 0.3 is 0 Å². The molecule has 0 N–H and O–H groups in total. The van der Waals surface area contributed by atoms with E-state index in [1.54, 1.807) is 0 Å². The largest absolute Gasteiger partial charge is 0.445 e. The van der Waals surface area contributed by atoms with Crippen molar-refractivity contribution in [1.29, 1.82) is 0 Å². The van der Waals surface area contributed by atoms with Crippen molar-refractivity contribution in [3.8, 4) is 0 Å². The van der Waals surface area contributed by atoms with Crippen LogP contribution in [0.15, 0.2) is 4.42 Å². The van der Waals surface area contributed by atoms with Gasteiger partial charge in [0, 0.05) is 12.8 Å². The van der Waals surface area contributed by atoms with Gasteiger partial charge < -0.3 is 4.42 Å². The lowest BCUT2D eigenvalue weighted by molar-refractivity contribution is 0.456. The number of hydrogen-bond acceptors (Lipinski definition) is 2. The molecular formula is C10H17NO. The van der Waals surface area contributed by atoms with Crippen molar-refractivity contribution in [2.24, 2.45) is 0 Å². The molecule has 0 bridgehead atoms. The van der Waals surface area contributed by atoms with E-state index in [1.807, 2.05) is 0 Å². The standard InChI is InChI=1S/C10H17NO/c1-4-7-9-8(5-2)11-10(6-3)12-9/h4-7H2,1-3H3. The molecule has 1 aromatic rings. The zero-order valence-electron chi connectivity index (χ0n) is 8.18. The maximum absolute atomic E-state index is 5.58. The van der Waals surface area contributed by atoms with Crippen LogP contribution in [0.2, 0.25) is 0 Å². The second kappa shape index (κ2) is 4.29. The van der Waals surface area contributed by atoms with Gasteiger partial charge in [0.15, 0.2) is 5.89 Å². The van der Waals surface area contributed by atoms with Crippen molar-refractivity contribution < 1.29 is 4.42 Å². The monoisotopic (exact) mass is 167 g/mol. The van der Waals surface area contributed by atoms with Gasteiger partial charge in [-0.25, -0.2) is 4.98 Å². The smallest absolute Gasteiger partial charge is 0.194 e. The van der Waals surface area contributed by atoms with Crippen molar-refractivity contribution in [2.45, 2.75) is 46.5 Å². The Hall–Kier alpha value is -0.790. The summed E-state index contributed by atoms with van der Waals surface area (Å²) in [6, 6.07) is 0. The SMILES string of the molecule is CCCc1oc(CC)nc1CC. The third-order valence-corrected chi connectivity index (χ3v) is 1.94. The summed E-state index contributed by atoms with van der Waals surface area (Å²) in [5, 5.41) is 0. The number of nitrogens with zero attached hydrogens (tertiary/aromatic N) is 1. The molecule has 1 rings (SSSR count). The second-order valence-corrected chi connectivity index (χ2v) is 2.93. The van der Waals surface area contributed by atoms with Crippen LogP contribution >= 0.6 is 0 Å². The van der Waals surface area contributed by atoms with Crippen molar-refractivity contribution >= 4 is 0 Å². The molecule has 68 valence electrons. The van der Waals surface area contributed by atoms with E-state index in [-0.39, 0.29) is 0 Å². The van der Waals surface area contributed by atoms with Gasteiger partial charge in [-0.3, -0.25) is 0 Å². The summed E-state index contributed by atoms with van der Waals surface area (Å²) in [5.74, 6) is 1.98. The highest BCUT2D eigenvalue weighted by Crippen LogP contribution is 2.14. The fourth-order valence-electron chi connectivity index (χ4n) is 1.29. The van der Waals surface area contributed by atoms with E-state index in [0.29, 0.717) is 0 Å². The van der Waals surface area contributed by atoms with Crippen LogP contribution in [0.3, 0.4) is 0 Å². The zero-order chi connectivity index (χ0) is 8.97. The van der Waals surface area contributed by atoms with Crippen LogP contribution in [-0.4, -0.2) is 4.98 Å². The van der Waals surface area contributed by atoms with Crippen LogP contribution in [0, 0.1) is 0 Å². The van der Waals surface area contributed by atoms with Crippen LogP contribution in [0.4, 0.5) is 0 Å². The summed E-state index contributed by atoms with van der Waals surface area (Å²) in [5.41, 5.74) is 1.15. The topological polar surface area (TPSA) is 26.0 Å². The highest BCUT2D eigenvalue weighted by molar-refractivity contribution is 5.10. The Labute approximate surface area is 74.0 Å². The molecule has 0 saturated heterocycles. The quantitative estimate of drug-likeness (QED) is 0.689. The minimum absolute atomic E-state index is 0.885. The van der Waals surface area contributed by atoms with Crippen molar-refractivity contribution in [2.75, 3.05) is 0 Å². The van der Waals surface area contributed by atoms with Gasteiger partial charge in [-0.05, 0) is 12.8 Å². The molecule has 0 amide bonds. The summed E-state index contributed by atoms with van der Waals surface area (Å²) in [6.45, 7) is 6.35. The first kappa shape index (κ1) is 9.30. The van der Waals surface area contributed by atoms with E-state index >= 15 is 0 Å². The molecule has 0 aromatic carbocycles. The van der Waals surface area contributed by atoms with Crippen molar-refractivity contribution in [3.05, 3.63) is 17.3 Å². The van der Waals surface area contributed by atoms with Crippen LogP contribution in [-0.2, 0) is 19.3 Å². The third kappa shape index (κ3) is 1.87. The molecule has 0 aliphatic heterocycles. The predicted octanol–water partition coefficient (Wildman–Crippen LogP) is 2.75. The average molecular weight is 167 g/mol. The molecule has 0 saturated carbocycles. The second-order valence-electron chi connectivity index (χ2n) is 2.93. The zero-order valence-corrected chi connectivity index (χ0v) is 8.18. The molecule has 1 aromatic heterocycles. The maximum atomic E-state index is 5.58. The Morgan fingerprint density at radius 2 is 1.92 bits per heavy atom. The lowest BCUT2D eigenvalue weighted by atomic mass is 10.2. The summed E-state index contributed by atoms with van der Waals surface area (Å²) in [4.78, 5) is 4.40. The summed E-state index contributed by atoms with van der Waals surface area (Å²) in [6.07, 6.45) is 4.04. The Kier molecular flexibility index (Phi) is 3.32. The van der Waals surface area contributed by atoms with Crippen molar-refractivity contribution in [3.63, 3.8) is 0 Å². The summed E-state index contributed by atoms with van der Waals surface area (Å²) >= 11 is 0. The molecular weight excluding hydrogens is 150 g/mol. The molecule has 12 heavy (non-hydrogen) atoms. The number of rotatable bonds is 4. The average Bonchev–Trinajstić information content (AvgIpc) is 2.48. The van der Waals surface area contributed by atoms with Gasteiger partial charge in [0.05, 0.1) is 5.69 Å². The van der Waals surface area contributed by atoms with Crippen molar-refractivity contribution in [1.82, 2.24) is 4.98 Å². The Bertz CT molecular complexity index is 240. The minimum Gasteiger partial charge on any atom is -0.445 e. The van der Waals surface area contributed by atoms with Crippen LogP contribution in [0.25, 0.3) is 0 Å². The third-order valence-electron chi connectivity index (χ3n) is 1.94. The molecule has 0 unspecified atom stereocenters. The Morgan fingerprint density at radius 3 is 2.42 bits per heavy atom. The fourth-order valence-corrected chi connectivity index (χ4v) is 1.29. The van der Waals surface area contributed by atoms with Gasteiger partial charge in [-0.2, -0.15) is 0 Å². The van der Waals surface area contributed by atoms with E-state index < -0.39 is 0 Å². The van der Waals surface area contributed by atoms with Crippen LogP contribution < -0.4 is 0 Å². The number of aryl methyl sites for hydroxylation is 3. The molecule has 2 nitrogen and oxygen atoms in total. The first-order valence-corrected chi connectivity index (χ1v) is 4.79. The molecule has 0 fully saturated rings. The number of hydrogen-bond donors (Lipinski definition) is 0. The highest BCUT2D eigenvalue weighted by atomic mass is 16.4. The Balaban J connectivity index is 2.84. The number of aromatic nitrogens is 1.